The molecule has 248 valence electrons. The van der Waals surface area contributed by atoms with Crippen molar-refractivity contribution in [3.8, 4) is 5.75 Å². The molecule has 0 spiro atoms. The lowest BCUT2D eigenvalue weighted by atomic mass is 9.82. The maximum absolute atomic E-state index is 14.5. The van der Waals surface area contributed by atoms with E-state index in [-0.39, 0.29) is 30.3 Å². The van der Waals surface area contributed by atoms with E-state index < -0.39 is 18.1 Å². The lowest BCUT2D eigenvalue weighted by Crippen LogP contribution is -2.59. The van der Waals surface area contributed by atoms with E-state index in [9.17, 15) is 24.6 Å². The number of benzene rings is 2. The van der Waals surface area contributed by atoms with Crippen molar-refractivity contribution in [1.29, 1.82) is 0 Å². The van der Waals surface area contributed by atoms with E-state index in [1.165, 1.54) is 4.90 Å². The van der Waals surface area contributed by atoms with Crippen LogP contribution < -0.4 is 10.6 Å². The van der Waals surface area contributed by atoms with Gasteiger partial charge in [0.25, 0.3) is 0 Å². The van der Waals surface area contributed by atoms with Gasteiger partial charge >= 0.3 is 12.1 Å². The van der Waals surface area contributed by atoms with Crippen molar-refractivity contribution in [2.75, 3.05) is 57.7 Å². The molecule has 4 N–H and O–H groups in total. The lowest BCUT2D eigenvalue weighted by Gasteiger charge is -2.46. The minimum Gasteiger partial charge on any atom is -0.507 e. The maximum Gasteiger partial charge on any atom is 0.407 e. The van der Waals surface area contributed by atoms with Crippen molar-refractivity contribution in [3.63, 3.8) is 0 Å². The van der Waals surface area contributed by atoms with Crippen LogP contribution in [0.4, 0.5) is 15.3 Å². The number of likely N-dealkylation sites (tertiary alicyclic amines) is 2. The molecule has 11 nitrogen and oxygen atoms in total. The number of hydrogen-bond donors (Lipinski definition) is 4. The van der Waals surface area contributed by atoms with E-state index in [2.05, 4.69) is 31.5 Å². The first-order valence-corrected chi connectivity index (χ1v) is 17.4. The topological polar surface area (TPSA) is 129 Å². The quantitative estimate of drug-likeness (QED) is 0.357. The number of rotatable bonds is 6. The molecule has 0 saturated carbocycles. The second-order valence-corrected chi connectivity index (χ2v) is 13.9. The second kappa shape index (κ2) is 14.6. The van der Waals surface area contributed by atoms with Gasteiger partial charge in [-0.3, -0.25) is 9.69 Å². The van der Waals surface area contributed by atoms with E-state index >= 15 is 0 Å². The Kier molecular flexibility index (Phi) is 10.3. The number of anilines is 1. The van der Waals surface area contributed by atoms with Crippen LogP contribution in [-0.2, 0) is 17.6 Å². The molecule has 0 aliphatic carbocycles. The molecule has 4 heterocycles. The summed E-state index contributed by atoms with van der Waals surface area (Å²) in [6, 6.07) is 12.4. The third kappa shape index (κ3) is 7.29. The number of fused-ring (bicyclic) bond motifs is 1. The van der Waals surface area contributed by atoms with Gasteiger partial charge in [0.2, 0.25) is 5.91 Å². The Morgan fingerprint density at radius 2 is 1.74 bits per heavy atom. The molecule has 4 amide bonds. The summed E-state index contributed by atoms with van der Waals surface area (Å²) in [4.78, 5) is 48.4. The SMILES string of the molecule is O=C(C(Cc1ccc(O)c(Br)c1)[C@H]1CC(N2CCc3ccccc3NC2=O)CCN1C(=O)O)N1CCC(N2CCCNCC2)CC1. The zero-order valence-corrected chi connectivity index (χ0v) is 27.8. The highest BCUT2D eigenvalue weighted by atomic mass is 79.9. The lowest BCUT2D eigenvalue weighted by molar-refractivity contribution is -0.140. The average molecular weight is 698 g/mol. The van der Waals surface area contributed by atoms with Crippen LogP contribution in [-0.4, -0.2) is 118 Å². The summed E-state index contributed by atoms with van der Waals surface area (Å²) >= 11 is 3.41. The first-order chi connectivity index (χ1) is 22.3. The fourth-order valence-electron chi connectivity index (χ4n) is 7.85. The molecule has 2 aromatic rings. The van der Waals surface area contributed by atoms with Gasteiger partial charge in [0, 0.05) is 63.1 Å². The highest BCUT2D eigenvalue weighted by Gasteiger charge is 2.44. The van der Waals surface area contributed by atoms with Gasteiger partial charge in [-0.05, 0) is 103 Å². The smallest absolute Gasteiger partial charge is 0.407 e. The average Bonchev–Trinajstić information content (AvgIpc) is 3.44. The fraction of sp³-hybridized carbons (Fsp3) is 0.559. The molecule has 0 radical (unpaired) electrons. The van der Waals surface area contributed by atoms with Gasteiger partial charge in [0.05, 0.1) is 10.4 Å². The zero-order valence-electron chi connectivity index (χ0n) is 26.2. The number of amides is 4. The van der Waals surface area contributed by atoms with E-state index in [1.54, 1.807) is 18.2 Å². The Hall–Kier alpha value is -3.35. The molecule has 4 aliphatic heterocycles. The van der Waals surface area contributed by atoms with Gasteiger partial charge in [-0.25, -0.2) is 9.59 Å². The van der Waals surface area contributed by atoms with E-state index in [0.717, 1.165) is 62.3 Å². The van der Waals surface area contributed by atoms with Crippen LogP contribution in [0.2, 0.25) is 0 Å². The number of piperidine rings is 2. The predicted octanol–water partition coefficient (Wildman–Crippen LogP) is 4.20. The van der Waals surface area contributed by atoms with Crippen LogP contribution in [0.1, 0.15) is 43.2 Å². The van der Waals surface area contributed by atoms with Crippen molar-refractivity contribution in [2.45, 2.75) is 63.1 Å². The molecule has 46 heavy (non-hydrogen) atoms. The highest BCUT2D eigenvalue weighted by Crippen LogP contribution is 2.34. The summed E-state index contributed by atoms with van der Waals surface area (Å²) in [6.07, 6.45) is 3.78. The van der Waals surface area contributed by atoms with Gasteiger partial charge in [0.1, 0.15) is 5.75 Å². The largest absolute Gasteiger partial charge is 0.507 e. The molecule has 3 fully saturated rings. The molecule has 0 aromatic heterocycles. The molecular weight excluding hydrogens is 652 g/mol. The molecule has 0 bridgehead atoms. The number of urea groups is 1. The highest BCUT2D eigenvalue weighted by molar-refractivity contribution is 9.10. The molecule has 3 atom stereocenters. The summed E-state index contributed by atoms with van der Waals surface area (Å²) < 4.78 is 0.529. The number of nitrogens with one attached hydrogen (secondary N) is 2. The van der Waals surface area contributed by atoms with Gasteiger partial charge in [0.15, 0.2) is 0 Å². The Morgan fingerprint density at radius 1 is 0.957 bits per heavy atom. The van der Waals surface area contributed by atoms with Crippen LogP contribution in [0.25, 0.3) is 0 Å². The zero-order chi connectivity index (χ0) is 32.2. The number of nitrogens with zero attached hydrogens (tertiary/aromatic N) is 4. The first kappa shape index (κ1) is 32.6. The van der Waals surface area contributed by atoms with E-state index in [1.807, 2.05) is 34.1 Å². The number of aromatic hydroxyl groups is 1. The summed E-state index contributed by atoms with van der Waals surface area (Å²) in [7, 11) is 0. The van der Waals surface area contributed by atoms with E-state index in [0.29, 0.717) is 55.8 Å². The monoisotopic (exact) mass is 696 g/mol. The summed E-state index contributed by atoms with van der Waals surface area (Å²) in [5, 5.41) is 27.0. The maximum atomic E-state index is 14.5. The van der Waals surface area contributed by atoms with Gasteiger partial charge in [-0.1, -0.05) is 24.3 Å². The number of phenolic OH excluding ortho intramolecular Hbond substituents is 1. The molecule has 6 rings (SSSR count). The third-order valence-corrected chi connectivity index (χ3v) is 11.0. The summed E-state index contributed by atoms with van der Waals surface area (Å²) in [6.45, 7) is 6.15. The number of carbonyl (C=O) groups is 3. The summed E-state index contributed by atoms with van der Waals surface area (Å²) in [5.41, 5.74) is 2.72. The number of phenols is 1. The standard InChI is InChI=1S/C34H45BrN6O5/c35-28-21-23(6-7-31(28)42)20-27(32(43)39-15-9-25(10-16-39)38-14-3-12-36-13-19-38)30-22-26(11-18-41(30)34(45)46)40-17-8-24-4-1-2-5-29(24)37-33(40)44/h1-2,4-7,21,25-27,30,36,42H,3,8-20,22H2,(H,37,44)(H,45,46)/t26?,27?,30-/m1/s1. The Labute approximate surface area is 279 Å². The van der Waals surface area contributed by atoms with E-state index in [4.69, 9.17) is 0 Å². The second-order valence-electron chi connectivity index (χ2n) is 13.0. The van der Waals surface area contributed by atoms with Crippen molar-refractivity contribution in [1.82, 2.24) is 24.9 Å². The van der Waals surface area contributed by atoms with Crippen LogP contribution in [0, 0.1) is 5.92 Å². The van der Waals surface area contributed by atoms with Crippen molar-refractivity contribution >= 4 is 39.6 Å². The molecule has 2 aromatic carbocycles. The van der Waals surface area contributed by atoms with Gasteiger partial charge in [-0.15, -0.1) is 0 Å². The number of para-hydroxylation sites is 1. The minimum absolute atomic E-state index is 0.0372. The van der Waals surface area contributed by atoms with Crippen molar-refractivity contribution in [3.05, 3.63) is 58.1 Å². The number of halogens is 1. The molecule has 4 aliphatic rings. The number of carbonyl (C=O) groups excluding carboxylic acids is 2. The first-order valence-electron chi connectivity index (χ1n) is 16.6. The Balaban J connectivity index is 1.24. The Morgan fingerprint density at radius 3 is 2.52 bits per heavy atom. The molecule has 3 saturated heterocycles. The fourth-order valence-corrected chi connectivity index (χ4v) is 8.28. The van der Waals surface area contributed by atoms with Crippen LogP contribution in [0.3, 0.4) is 0 Å². The van der Waals surface area contributed by atoms with Crippen molar-refractivity contribution in [2.24, 2.45) is 5.92 Å². The predicted molar refractivity (Wildman–Crippen MR) is 179 cm³/mol. The van der Waals surface area contributed by atoms with Crippen molar-refractivity contribution < 1.29 is 24.6 Å². The minimum atomic E-state index is -1.05. The molecule has 2 unspecified atom stereocenters. The molecular formula is C34H45BrN6O5. The Bertz CT molecular complexity index is 1410. The summed E-state index contributed by atoms with van der Waals surface area (Å²) in [5.74, 6) is -0.568. The van der Waals surface area contributed by atoms with Crippen LogP contribution in [0.15, 0.2) is 46.9 Å². The number of hydrogen-bond acceptors (Lipinski definition) is 6. The third-order valence-electron chi connectivity index (χ3n) is 10.4. The van der Waals surface area contributed by atoms with Crippen LogP contribution in [0.5, 0.6) is 5.75 Å². The molecule has 12 heteroatoms. The number of carboxylic acid groups (broad SMARTS) is 1. The normalized spacial score (nSPS) is 24.0. The van der Waals surface area contributed by atoms with Gasteiger partial charge in [-0.2, -0.15) is 0 Å². The van der Waals surface area contributed by atoms with Crippen LogP contribution >= 0.6 is 15.9 Å². The van der Waals surface area contributed by atoms with Gasteiger partial charge < -0.3 is 35.5 Å².